The summed E-state index contributed by atoms with van der Waals surface area (Å²) >= 11 is 0. The van der Waals surface area contributed by atoms with E-state index in [9.17, 15) is 14.0 Å². The maximum Gasteiger partial charge on any atom is 0.349 e. The van der Waals surface area contributed by atoms with Crippen LogP contribution < -0.4 is 9.64 Å². The van der Waals surface area contributed by atoms with Gasteiger partial charge in [-0.15, -0.1) is 0 Å². The monoisotopic (exact) mass is 397 g/mol. The first-order chi connectivity index (χ1) is 14.0. The molecule has 0 N–H and O–H groups in total. The summed E-state index contributed by atoms with van der Waals surface area (Å²) in [5.74, 6) is -0.488. The van der Waals surface area contributed by atoms with E-state index in [1.54, 1.807) is 24.3 Å². The number of rotatable bonds is 4. The van der Waals surface area contributed by atoms with Crippen LogP contribution in [0.5, 0.6) is 5.75 Å². The molecule has 0 radical (unpaired) electrons. The SMILES string of the molecule is CC(=O)N1C[C@H](C(=O)OCc2nc(-c3ccc(F)cc3)no2)Oc2ccccc21. The van der Waals surface area contributed by atoms with Crippen molar-refractivity contribution in [3.05, 3.63) is 60.2 Å². The van der Waals surface area contributed by atoms with Gasteiger partial charge in [0.2, 0.25) is 17.8 Å². The summed E-state index contributed by atoms with van der Waals surface area (Å²) in [6.45, 7) is 1.20. The van der Waals surface area contributed by atoms with Crippen molar-refractivity contribution in [3.63, 3.8) is 0 Å². The number of ether oxygens (including phenoxy) is 2. The van der Waals surface area contributed by atoms with Gasteiger partial charge in [0.1, 0.15) is 11.6 Å². The molecule has 0 saturated carbocycles. The van der Waals surface area contributed by atoms with E-state index in [-0.39, 0.29) is 36.6 Å². The van der Waals surface area contributed by atoms with Crippen LogP contribution in [-0.4, -0.2) is 34.7 Å². The van der Waals surface area contributed by atoms with Gasteiger partial charge in [-0.3, -0.25) is 4.79 Å². The molecule has 0 aliphatic carbocycles. The summed E-state index contributed by atoms with van der Waals surface area (Å²) < 4.78 is 29.0. The van der Waals surface area contributed by atoms with E-state index in [0.717, 1.165) is 0 Å². The third-order valence-corrected chi connectivity index (χ3v) is 4.33. The van der Waals surface area contributed by atoms with E-state index >= 15 is 0 Å². The van der Waals surface area contributed by atoms with E-state index in [0.29, 0.717) is 17.0 Å². The average Bonchev–Trinajstić information content (AvgIpc) is 3.20. The minimum absolute atomic E-state index is 0.0375. The van der Waals surface area contributed by atoms with Gasteiger partial charge in [0, 0.05) is 12.5 Å². The lowest BCUT2D eigenvalue weighted by molar-refractivity contribution is -0.154. The van der Waals surface area contributed by atoms with Crippen LogP contribution in [0.2, 0.25) is 0 Å². The van der Waals surface area contributed by atoms with Gasteiger partial charge < -0.3 is 18.9 Å². The highest BCUT2D eigenvalue weighted by Gasteiger charge is 2.33. The fraction of sp³-hybridized carbons (Fsp3) is 0.200. The topological polar surface area (TPSA) is 94.8 Å². The van der Waals surface area contributed by atoms with Crippen molar-refractivity contribution in [1.82, 2.24) is 10.1 Å². The highest BCUT2D eigenvalue weighted by atomic mass is 19.1. The second-order valence-electron chi connectivity index (χ2n) is 6.33. The third kappa shape index (κ3) is 3.93. The predicted octanol–water partition coefficient (Wildman–Crippen LogP) is 2.73. The Labute approximate surface area is 164 Å². The Bertz CT molecular complexity index is 1050. The molecule has 1 aromatic heterocycles. The molecular weight excluding hydrogens is 381 g/mol. The average molecular weight is 397 g/mol. The van der Waals surface area contributed by atoms with Crippen LogP contribution in [0.3, 0.4) is 0 Å². The number of nitrogens with zero attached hydrogens (tertiary/aromatic N) is 3. The molecule has 1 atom stereocenters. The number of hydrogen-bond acceptors (Lipinski definition) is 7. The number of halogens is 1. The quantitative estimate of drug-likeness (QED) is 0.625. The van der Waals surface area contributed by atoms with E-state index in [1.165, 1.54) is 36.1 Å². The number of carbonyl (C=O) groups is 2. The Balaban J connectivity index is 1.41. The Morgan fingerprint density at radius 1 is 1.21 bits per heavy atom. The summed E-state index contributed by atoms with van der Waals surface area (Å²) in [6.07, 6.45) is -0.978. The number of anilines is 1. The first-order valence-electron chi connectivity index (χ1n) is 8.80. The van der Waals surface area contributed by atoms with Crippen molar-refractivity contribution in [2.24, 2.45) is 0 Å². The third-order valence-electron chi connectivity index (χ3n) is 4.33. The molecule has 4 rings (SSSR count). The summed E-state index contributed by atoms with van der Waals surface area (Å²) in [4.78, 5) is 30.0. The number of hydrogen-bond donors (Lipinski definition) is 0. The molecule has 9 heteroatoms. The molecule has 2 heterocycles. The molecule has 0 bridgehead atoms. The van der Waals surface area contributed by atoms with Gasteiger partial charge in [0.25, 0.3) is 5.89 Å². The molecule has 1 amide bonds. The minimum atomic E-state index is -0.978. The predicted molar refractivity (Wildman–Crippen MR) is 98.4 cm³/mol. The van der Waals surface area contributed by atoms with Gasteiger partial charge in [0.15, 0.2) is 6.61 Å². The van der Waals surface area contributed by atoms with Crippen LogP contribution in [0, 0.1) is 5.82 Å². The van der Waals surface area contributed by atoms with E-state index in [2.05, 4.69) is 10.1 Å². The molecule has 8 nitrogen and oxygen atoms in total. The maximum absolute atomic E-state index is 13.0. The molecule has 1 aliphatic heterocycles. The number of amides is 1. The van der Waals surface area contributed by atoms with Crippen LogP contribution in [0.1, 0.15) is 12.8 Å². The zero-order valence-corrected chi connectivity index (χ0v) is 15.4. The van der Waals surface area contributed by atoms with E-state index < -0.39 is 12.1 Å². The van der Waals surface area contributed by atoms with Crippen molar-refractivity contribution in [1.29, 1.82) is 0 Å². The largest absolute Gasteiger partial charge is 0.475 e. The molecule has 0 spiro atoms. The van der Waals surface area contributed by atoms with Crippen LogP contribution in [-0.2, 0) is 20.9 Å². The van der Waals surface area contributed by atoms with Crippen molar-refractivity contribution in [2.45, 2.75) is 19.6 Å². The van der Waals surface area contributed by atoms with E-state index in [4.69, 9.17) is 14.0 Å². The summed E-state index contributed by atoms with van der Waals surface area (Å²) in [5, 5.41) is 3.79. The van der Waals surface area contributed by atoms with Gasteiger partial charge in [-0.05, 0) is 36.4 Å². The number of esters is 1. The van der Waals surface area contributed by atoms with E-state index in [1.807, 2.05) is 0 Å². The summed E-state index contributed by atoms with van der Waals surface area (Å²) in [5.41, 5.74) is 1.17. The molecule has 3 aromatic rings. The highest BCUT2D eigenvalue weighted by Crippen LogP contribution is 2.33. The van der Waals surface area contributed by atoms with Gasteiger partial charge in [-0.1, -0.05) is 17.3 Å². The summed E-state index contributed by atoms with van der Waals surface area (Å²) in [7, 11) is 0. The van der Waals surface area contributed by atoms with Crippen LogP contribution in [0.25, 0.3) is 11.4 Å². The zero-order chi connectivity index (χ0) is 20.4. The van der Waals surface area contributed by atoms with Gasteiger partial charge in [-0.2, -0.15) is 4.98 Å². The molecule has 0 saturated heterocycles. The molecule has 0 fully saturated rings. The lowest BCUT2D eigenvalue weighted by atomic mass is 10.2. The van der Waals surface area contributed by atoms with Gasteiger partial charge >= 0.3 is 5.97 Å². The Morgan fingerprint density at radius 2 is 1.97 bits per heavy atom. The Hall–Kier alpha value is -3.75. The zero-order valence-electron chi connectivity index (χ0n) is 15.4. The number of benzene rings is 2. The molecule has 0 unspecified atom stereocenters. The van der Waals surface area contributed by atoms with Crippen LogP contribution >= 0.6 is 0 Å². The smallest absolute Gasteiger partial charge is 0.349 e. The lowest BCUT2D eigenvalue weighted by Gasteiger charge is -2.32. The first-order valence-corrected chi connectivity index (χ1v) is 8.80. The molecule has 2 aromatic carbocycles. The van der Waals surface area contributed by atoms with Crippen molar-refractivity contribution in [2.75, 3.05) is 11.4 Å². The molecular formula is C20H16FN3O5. The normalized spacial score (nSPS) is 15.4. The summed E-state index contributed by atoms with van der Waals surface area (Å²) in [6, 6.07) is 12.5. The number of para-hydroxylation sites is 2. The maximum atomic E-state index is 13.0. The van der Waals surface area contributed by atoms with Crippen molar-refractivity contribution >= 4 is 17.6 Å². The first kappa shape index (κ1) is 18.6. The Kier molecular flexibility index (Phi) is 4.94. The molecule has 29 heavy (non-hydrogen) atoms. The van der Waals surface area contributed by atoms with Crippen molar-refractivity contribution < 1.29 is 28.0 Å². The number of carbonyl (C=O) groups excluding carboxylic acids is 2. The molecule has 148 valence electrons. The fourth-order valence-electron chi connectivity index (χ4n) is 2.91. The fourth-order valence-corrected chi connectivity index (χ4v) is 2.91. The number of aromatic nitrogens is 2. The van der Waals surface area contributed by atoms with Crippen LogP contribution in [0.4, 0.5) is 10.1 Å². The standard InChI is InChI=1S/C20H16FN3O5/c1-12(25)24-10-17(28-16-5-3-2-4-15(16)24)20(26)27-11-18-22-19(23-29-18)13-6-8-14(21)9-7-13/h2-9,17H,10-11H2,1H3/t17-/m1/s1. The second-order valence-corrected chi connectivity index (χ2v) is 6.33. The Morgan fingerprint density at radius 3 is 2.72 bits per heavy atom. The number of fused-ring (bicyclic) bond motifs is 1. The van der Waals surface area contributed by atoms with Crippen LogP contribution in [0.15, 0.2) is 53.1 Å². The highest BCUT2D eigenvalue weighted by molar-refractivity contribution is 5.95. The molecule has 1 aliphatic rings. The van der Waals surface area contributed by atoms with Crippen molar-refractivity contribution in [3.8, 4) is 17.1 Å². The van der Waals surface area contributed by atoms with Gasteiger partial charge in [-0.25, -0.2) is 9.18 Å². The lowest BCUT2D eigenvalue weighted by Crippen LogP contribution is -2.47. The minimum Gasteiger partial charge on any atom is -0.475 e. The van der Waals surface area contributed by atoms with Gasteiger partial charge in [0.05, 0.1) is 12.2 Å². The second kappa shape index (κ2) is 7.70.